The highest BCUT2D eigenvalue weighted by atomic mass is 32.1. The molecule has 2 rings (SSSR count). The van der Waals surface area contributed by atoms with Gasteiger partial charge in [-0.3, -0.25) is 0 Å². The summed E-state index contributed by atoms with van der Waals surface area (Å²) in [4.78, 5) is 0. The first-order valence-corrected chi connectivity index (χ1v) is 6.65. The number of para-hydroxylation sites is 1. The second kappa shape index (κ2) is 6.18. The summed E-state index contributed by atoms with van der Waals surface area (Å²) in [6.07, 6.45) is 0. The van der Waals surface area contributed by atoms with Crippen LogP contribution in [-0.2, 0) is 0 Å². The van der Waals surface area contributed by atoms with E-state index in [1.165, 1.54) is 11.1 Å². The van der Waals surface area contributed by atoms with Crippen molar-refractivity contribution < 1.29 is 0 Å². The Morgan fingerprint density at radius 2 is 1.80 bits per heavy atom. The van der Waals surface area contributed by atoms with Crippen molar-refractivity contribution in [3.05, 3.63) is 59.2 Å². The van der Waals surface area contributed by atoms with Crippen LogP contribution in [0.3, 0.4) is 0 Å². The number of hydrogen-bond donors (Lipinski definition) is 2. The van der Waals surface area contributed by atoms with E-state index < -0.39 is 0 Å². The zero-order valence-electron chi connectivity index (χ0n) is 11.4. The lowest BCUT2D eigenvalue weighted by Crippen LogP contribution is -2.19. The minimum Gasteiger partial charge on any atom is -0.332 e. The number of nitrogens with one attached hydrogen (secondary N) is 2. The van der Waals surface area contributed by atoms with Crippen molar-refractivity contribution >= 4 is 28.7 Å². The first kappa shape index (κ1) is 14.0. The van der Waals surface area contributed by atoms with Crippen molar-refractivity contribution in [2.45, 2.75) is 13.8 Å². The molecule has 3 nitrogen and oxygen atoms in total. The third kappa shape index (κ3) is 3.34. The number of benzene rings is 2. The smallest absolute Gasteiger partial charge is 0.175 e. The number of hydrogen-bond acceptors (Lipinski definition) is 2. The molecule has 20 heavy (non-hydrogen) atoms. The van der Waals surface area contributed by atoms with Crippen LogP contribution in [0, 0.1) is 25.2 Å². The van der Waals surface area contributed by atoms with Gasteiger partial charge in [-0.2, -0.15) is 5.26 Å². The molecule has 100 valence electrons. The van der Waals surface area contributed by atoms with Gasteiger partial charge in [0.15, 0.2) is 5.11 Å². The minimum atomic E-state index is 0.468. The zero-order valence-corrected chi connectivity index (χ0v) is 12.2. The van der Waals surface area contributed by atoms with Crippen LogP contribution >= 0.6 is 12.2 Å². The fourth-order valence-electron chi connectivity index (χ4n) is 1.79. The first-order chi connectivity index (χ1) is 9.60. The van der Waals surface area contributed by atoms with Gasteiger partial charge < -0.3 is 10.6 Å². The summed E-state index contributed by atoms with van der Waals surface area (Å²) in [5, 5.41) is 15.7. The average Bonchev–Trinajstić information content (AvgIpc) is 2.43. The number of anilines is 2. The topological polar surface area (TPSA) is 47.8 Å². The lowest BCUT2D eigenvalue weighted by molar-refractivity contribution is 1.34. The van der Waals surface area contributed by atoms with Gasteiger partial charge in [0.25, 0.3) is 0 Å². The van der Waals surface area contributed by atoms with Crippen molar-refractivity contribution in [3.8, 4) is 6.07 Å². The summed E-state index contributed by atoms with van der Waals surface area (Å²) in [7, 11) is 0. The summed E-state index contributed by atoms with van der Waals surface area (Å²) < 4.78 is 0. The summed E-state index contributed by atoms with van der Waals surface area (Å²) in [6, 6.07) is 15.5. The largest absolute Gasteiger partial charge is 0.332 e. The molecule has 0 aliphatic heterocycles. The van der Waals surface area contributed by atoms with Crippen molar-refractivity contribution in [3.63, 3.8) is 0 Å². The molecule has 2 N–H and O–H groups in total. The average molecular weight is 281 g/mol. The van der Waals surface area contributed by atoms with E-state index >= 15 is 0 Å². The molecule has 0 aromatic heterocycles. The van der Waals surface area contributed by atoms with Gasteiger partial charge in [-0.05, 0) is 61.5 Å². The number of nitrogens with zero attached hydrogens (tertiary/aromatic N) is 1. The second-order valence-corrected chi connectivity index (χ2v) is 4.94. The van der Waals surface area contributed by atoms with Crippen LogP contribution in [-0.4, -0.2) is 5.11 Å². The number of thiocarbonyl (C=S) groups is 1. The van der Waals surface area contributed by atoms with E-state index in [0.717, 1.165) is 5.69 Å². The number of aryl methyl sites for hydroxylation is 2. The quantitative estimate of drug-likeness (QED) is 0.817. The Balaban J connectivity index is 2.09. The van der Waals surface area contributed by atoms with Gasteiger partial charge in [-0.25, -0.2) is 0 Å². The predicted molar refractivity (Wildman–Crippen MR) is 86.9 cm³/mol. The SMILES string of the molecule is Cc1ccc(NC(=S)Nc2ccccc2C#N)cc1C. The maximum absolute atomic E-state index is 9.03. The standard InChI is InChI=1S/C16H15N3S/c1-11-7-8-14(9-12(11)2)18-16(20)19-15-6-4-3-5-13(15)10-17/h3-9H,1-2H3,(H2,18,19,20). The third-order valence-electron chi connectivity index (χ3n) is 3.06. The molecule has 0 unspecified atom stereocenters. The predicted octanol–water partition coefficient (Wildman–Crippen LogP) is 3.98. The minimum absolute atomic E-state index is 0.468. The normalized spacial score (nSPS) is 9.65. The Kier molecular flexibility index (Phi) is 4.34. The Morgan fingerprint density at radius 1 is 1.05 bits per heavy atom. The summed E-state index contributed by atoms with van der Waals surface area (Å²) in [6.45, 7) is 4.13. The monoisotopic (exact) mass is 281 g/mol. The van der Waals surface area contributed by atoms with E-state index in [1.54, 1.807) is 6.07 Å². The van der Waals surface area contributed by atoms with Crippen LogP contribution in [0.2, 0.25) is 0 Å². The molecule has 0 fully saturated rings. The number of rotatable bonds is 2. The van der Waals surface area contributed by atoms with Gasteiger partial charge in [0.1, 0.15) is 6.07 Å². The van der Waals surface area contributed by atoms with Gasteiger partial charge in [-0.15, -0.1) is 0 Å². The zero-order chi connectivity index (χ0) is 14.5. The van der Waals surface area contributed by atoms with Gasteiger partial charge in [0, 0.05) is 5.69 Å². The fourth-order valence-corrected chi connectivity index (χ4v) is 2.02. The van der Waals surface area contributed by atoms with Crippen molar-refractivity contribution in [2.75, 3.05) is 10.6 Å². The molecule has 0 spiro atoms. The highest BCUT2D eigenvalue weighted by Crippen LogP contribution is 2.16. The van der Waals surface area contributed by atoms with Crippen LogP contribution in [0.4, 0.5) is 11.4 Å². The van der Waals surface area contributed by atoms with Gasteiger partial charge in [0.05, 0.1) is 11.3 Å². The van der Waals surface area contributed by atoms with E-state index in [0.29, 0.717) is 16.4 Å². The van der Waals surface area contributed by atoms with Crippen LogP contribution in [0.5, 0.6) is 0 Å². The Labute approximate surface area is 124 Å². The maximum Gasteiger partial charge on any atom is 0.175 e. The van der Waals surface area contributed by atoms with Gasteiger partial charge in [0.2, 0.25) is 0 Å². The molecule has 2 aromatic carbocycles. The fraction of sp³-hybridized carbons (Fsp3) is 0.125. The molecule has 0 saturated carbocycles. The van der Waals surface area contributed by atoms with E-state index in [2.05, 4.69) is 30.6 Å². The Morgan fingerprint density at radius 3 is 2.50 bits per heavy atom. The highest BCUT2D eigenvalue weighted by Gasteiger charge is 2.04. The second-order valence-electron chi connectivity index (χ2n) is 4.54. The van der Waals surface area contributed by atoms with Crippen molar-refractivity contribution in [2.24, 2.45) is 0 Å². The molecule has 0 amide bonds. The Hall–Kier alpha value is -2.38. The van der Waals surface area contributed by atoms with E-state index in [-0.39, 0.29) is 0 Å². The molecular weight excluding hydrogens is 266 g/mol. The molecule has 0 aliphatic rings. The molecule has 0 atom stereocenters. The molecule has 0 aliphatic carbocycles. The number of nitriles is 1. The Bertz CT molecular complexity index is 686. The van der Waals surface area contributed by atoms with Crippen molar-refractivity contribution in [1.29, 1.82) is 5.26 Å². The van der Waals surface area contributed by atoms with Gasteiger partial charge >= 0.3 is 0 Å². The van der Waals surface area contributed by atoms with Crippen LogP contribution in [0.25, 0.3) is 0 Å². The van der Waals surface area contributed by atoms with Gasteiger partial charge in [-0.1, -0.05) is 18.2 Å². The maximum atomic E-state index is 9.03. The van der Waals surface area contributed by atoms with Crippen LogP contribution in [0.15, 0.2) is 42.5 Å². The summed E-state index contributed by atoms with van der Waals surface area (Å²) >= 11 is 5.27. The molecular formula is C16H15N3S. The summed E-state index contributed by atoms with van der Waals surface area (Å²) in [5.74, 6) is 0. The molecule has 2 aromatic rings. The highest BCUT2D eigenvalue weighted by molar-refractivity contribution is 7.80. The third-order valence-corrected chi connectivity index (χ3v) is 3.26. The van der Waals surface area contributed by atoms with E-state index in [9.17, 15) is 0 Å². The van der Waals surface area contributed by atoms with Crippen LogP contribution < -0.4 is 10.6 Å². The first-order valence-electron chi connectivity index (χ1n) is 6.24. The van der Waals surface area contributed by atoms with E-state index in [4.69, 9.17) is 17.5 Å². The molecule has 0 heterocycles. The molecule has 0 bridgehead atoms. The molecule has 0 saturated heterocycles. The van der Waals surface area contributed by atoms with E-state index in [1.807, 2.05) is 36.4 Å². The molecule has 0 radical (unpaired) electrons. The lowest BCUT2D eigenvalue weighted by Gasteiger charge is -2.12. The lowest BCUT2D eigenvalue weighted by atomic mass is 10.1. The van der Waals surface area contributed by atoms with Crippen molar-refractivity contribution in [1.82, 2.24) is 0 Å². The van der Waals surface area contributed by atoms with Crippen LogP contribution in [0.1, 0.15) is 16.7 Å². The molecule has 4 heteroatoms. The summed E-state index contributed by atoms with van der Waals surface area (Å²) in [5.41, 5.74) is 4.65.